The summed E-state index contributed by atoms with van der Waals surface area (Å²) in [6, 6.07) is 12.0. The van der Waals surface area contributed by atoms with Crippen molar-refractivity contribution in [2.75, 3.05) is 17.2 Å². The molecule has 1 aliphatic rings. The summed E-state index contributed by atoms with van der Waals surface area (Å²) in [4.78, 5) is 24.3. The predicted molar refractivity (Wildman–Crippen MR) is 100 cm³/mol. The van der Waals surface area contributed by atoms with E-state index in [9.17, 15) is 9.59 Å². The molecular formula is C19H14ClN3O4. The lowest BCUT2D eigenvalue weighted by Gasteiger charge is -2.18. The van der Waals surface area contributed by atoms with E-state index in [4.69, 9.17) is 20.9 Å². The highest BCUT2D eigenvalue weighted by Crippen LogP contribution is 2.32. The van der Waals surface area contributed by atoms with Crippen LogP contribution in [0.25, 0.3) is 11.3 Å². The molecule has 0 atom stereocenters. The minimum absolute atomic E-state index is 0.0262. The number of benzene rings is 2. The van der Waals surface area contributed by atoms with Crippen LogP contribution in [0.5, 0.6) is 5.75 Å². The maximum absolute atomic E-state index is 12.8. The van der Waals surface area contributed by atoms with Crippen molar-refractivity contribution in [1.82, 2.24) is 5.16 Å². The van der Waals surface area contributed by atoms with Crippen LogP contribution >= 0.6 is 11.6 Å². The molecule has 0 fully saturated rings. The van der Waals surface area contributed by atoms with Crippen LogP contribution in [0.1, 0.15) is 16.1 Å². The number of carbonyl (C=O) groups excluding carboxylic acids is 2. The number of carbonyl (C=O) groups is 2. The van der Waals surface area contributed by atoms with Gasteiger partial charge in [0.25, 0.3) is 11.8 Å². The summed E-state index contributed by atoms with van der Waals surface area (Å²) in [5, 5.41) is 10.0. The molecule has 0 saturated carbocycles. The van der Waals surface area contributed by atoms with Gasteiger partial charge in [0, 0.05) is 16.3 Å². The number of amides is 2. The SMILES string of the molecule is Cc1onc(-c2cccc(Cl)c2)c1C(=O)Nc1ccc2c(c1)NC(=O)CO2. The van der Waals surface area contributed by atoms with Crippen LogP contribution < -0.4 is 15.4 Å². The maximum atomic E-state index is 12.8. The number of nitrogens with zero attached hydrogens (tertiary/aromatic N) is 1. The zero-order valence-corrected chi connectivity index (χ0v) is 15.0. The first-order chi connectivity index (χ1) is 13.0. The first-order valence-corrected chi connectivity index (χ1v) is 8.49. The second-order valence-corrected chi connectivity index (χ2v) is 6.41. The van der Waals surface area contributed by atoms with E-state index < -0.39 is 0 Å². The van der Waals surface area contributed by atoms with Gasteiger partial charge in [-0.25, -0.2) is 0 Å². The minimum atomic E-state index is -0.383. The molecule has 0 unspecified atom stereocenters. The van der Waals surface area contributed by atoms with Gasteiger partial charge >= 0.3 is 0 Å². The van der Waals surface area contributed by atoms with Crippen molar-refractivity contribution >= 4 is 34.8 Å². The zero-order chi connectivity index (χ0) is 19.0. The van der Waals surface area contributed by atoms with Crippen molar-refractivity contribution in [3.05, 3.63) is 58.8 Å². The summed E-state index contributed by atoms with van der Waals surface area (Å²) >= 11 is 6.04. The summed E-state index contributed by atoms with van der Waals surface area (Å²) in [6.07, 6.45) is 0. The van der Waals surface area contributed by atoms with Crippen molar-refractivity contribution < 1.29 is 18.8 Å². The molecule has 0 saturated heterocycles. The molecule has 136 valence electrons. The molecule has 0 spiro atoms. The normalized spacial score (nSPS) is 12.7. The molecular weight excluding hydrogens is 370 g/mol. The Labute approximate surface area is 159 Å². The van der Waals surface area contributed by atoms with Gasteiger partial charge in [-0.2, -0.15) is 0 Å². The van der Waals surface area contributed by atoms with Gasteiger partial charge < -0.3 is 19.9 Å². The third-order valence-electron chi connectivity index (χ3n) is 4.06. The molecule has 2 heterocycles. The average molecular weight is 384 g/mol. The Kier molecular flexibility index (Phi) is 4.29. The van der Waals surface area contributed by atoms with Crippen LogP contribution in [0, 0.1) is 6.92 Å². The van der Waals surface area contributed by atoms with E-state index in [1.54, 1.807) is 49.4 Å². The third kappa shape index (κ3) is 3.37. The van der Waals surface area contributed by atoms with Crippen molar-refractivity contribution in [3.8, 4) is 17.0 Å². The second-order valence-electron chi connectivity index (χ2n) is 5.97. The van der Waals surface area contributed by atoms with E-state index in [1.165, 1.54) is 0 Å². The largest absolute Gasteiger partial charge is 0.482 e. The van der Waals surface area contributed by atoms with Crippen molar-refractivity contribution in [2.45, 2.75) is 6.92 Å². The standard InChI is InChI=1S/C19H14ClN3O4/c1-10-17(18(23-27-10)11-3-2-4-12(20)7-11)19(25)21-13-5-6-15-14(8-13)22-16(24)9-26-15/h2-8H,9H2,1H3,(H,21,25)(H,22,24). The van der Waals surface area contributed by atoms with Crippen LogP contribution in [0.3, 0.4) is 0 Å². The molecule has 0 radical (unpaired) electrons. The fourth-order valence-corrected chi connectivity index (χ4v) is 3.02. The Morgan fingerprint density at radius 2 is 2.11 bits per heavy atom. The van der Waals surface area contributed by atoms with E-state index in [-0.39, 0.29) is 18.4 Å². The summed E-state index contributed by atoms with van der Waals surface area (Å²) in [5.74, 6) is 0.307. The van der Waals surface area contributed by atoms with E-state index in [1.807, 2.05) is 0 Å². The van der Waals surface area contributed by atoms with Crippen molar-refractivity contribution in [2.24, 2.45) is 0 Å². The van der Waals surface area contributed by atoms with E-state index >= 15 is 0 Å². The number of anilines is 2. The number of aryl methyl sites for hydroxylation is 1. The van der Waals surface area contributed by atoms with Gasteiger partial charge in [0.05, 0.1) is 5.69 Å². The number of hydrogen-bond donors (Lipinski definition) is 2. The van der Waals surface area contributed by atoms with Crippen LogP contribution in [0.4, 0.5) is 11.4 Å². The number of rotatable bonds is 3. The molecule has 0 aliphatic carbocycles. The van der Waals surface area contributed by atoms with Crippen molar-refractivity contribution in [3.63, 3.8) is 0 Å². The third-order valence-corrected chi connectivity index (χ3v) is 4.29. The molecule has 7 nitrogen and oxygen atoms in total. The Balaban J connectivity index is 1.64. The summed E-state index contributed by atoms with van der Waals surface area (Å²) in [7, 11) is 0. The lowest BCUT2D eigenvalue weighted by molar-refractivity contribution is -0.118. The van der Waals surface area contributed by atoms with Crippen molar-refractivity contribution in [1.29, 1.82) is 0 Å². The Hall–Kier alpha value is -3.32. The topological polar surface area (TPSA) is 93.5 Å². The highest BCUT2D eigenvalue weighted by Gasteiger charge is 2.23. The molecule has 2 aromatic carbocycles. The lowest BCUT2D eigenvalue weighted by atomic mass is 10.1. The molecule has 3 aromatic rings. The van der Waals surface area contributed by atoms with Gasteiger partial charge in [0.1, 0.15) is 22.8 Å². The molecule has 4 rings (SSSR count). The van der Waals surface area contributed by atoms with Gasteiger partial charge in [-0.1, -0.05) is 28.9 Å². The molecule has 1 aromatic heterocycles. The number of nitrogens with one attached hydrogen (secondary N) is 2. The molecule has 2 N–H and O–H groups in total. The van der Waals surface area contributed by atoms with Crippen LogP contribution in [-0.4, -0.2) is 23.6 Å². The zero-order valence-electron chi connectivity index (χ0n) is 14.2. The van der Waals surface area contributed by atoms with E-state index in [2.05, 4.69) is 15.8 Å². The lowest BCUT2D eigenvalue weighted by Crippen LogP contribution is -2.25. The van der Waals surface area contributed by atoms with Crippen LogP contribution in [-0.2, 0) is 4.79 Å². The fourth-order valence-electron chi connectivity index (χ4n) is 2.83. The van der Waals surface area contributed by atoms with Crippen LogP contribution in [0.2, 0.25) is 5.02 Å². The molecule has 1 aliphatic heterocycles. The van der Waals surface area contributed by atoms with Gasteiger partial charge in [-0.05, 0) is 37.3 Å². The fraction of sp³-hybridized carbons (Fsp3) is 0.105. The highest BCUT2D eigenvalue weighted by atomic mass is 35.5. The molecule has 0 bridgehead atoms. The monoisotopic (exact) mass is 383 g/mol. The van der Waals surface area contributed by atoms with Crippen LogP contribution in [0.15, 0.2) is 47.0 Å². The van der Waals surface area contributed by atoms with Gasteiger partial charge in [-0.15, -0.1) is 0 Å². The molecule has 27 heavy (non-hydrogen) atoms. The highest BCUT2D eigenvalue weighted by molar-refractivity contribution is 6.30. The summed E-state index contributed by atoms with van der Waals surface area (Å²) in [5.41, 5.74) is 2.40. The summed E-state index contributed by atoms with van der Waals surface area (Å²) < 4.78 is 10.5. The number of halogens is 1. The second kappa shape index (κ2) is 6.77. The number of hydrogen-bond acceptors (Lipinski definition) is 5. The Bertz CT molecular complexity index is 1060. The van der Waals surface area contributed by atoms with E-state index in [0.29, 0.717) is 44.7 Å². The Morgan fingerprint density at radius 3 is 2.93 bits per heavy atom. The molecule has 8 heteroatoms. The average Bonchev–Trinajstić information content (AvgIpc) is 3.03. The summed E-state index contributed by atoms with van der Waals surface area (Å²) in [6.45, 7) is 1.64. The minimum Gasteiger partial charge on any atom is -0.482 e. The first-order valence-electron chi connectivity index (χ1n) is 8.11. The quantitative estimate of drug-likeness (QED) is 0.715. The first kappa shape index (κ1) is 17.1. The van der Waals surface area contributed by atoms with Gasteiger partial charge in [0.2, 0.25) is 0 Å². The maximum Gasteiger partial charge on any atom is 0.262 e. The number of fused-ring (bicyclic) bond motifs is 1. The predicted octanol–water partition coefficient (Wildman–Crippen LogP) is 3.89. The molecule has 2 amide bonds. The Morgan fingerprint density at radius 1 is 1.26 bits per heavy atom. The smallest absolute Gasteiger partial charge is 0.262 e. The number of ether oxygens (including phenoxy) is 1. The number of aromatic nitrogens is 1. The van der Waals surface area contributed by atoms with Gasteiger partial charge in [0.15, 0.2) is 6.61 Å². The van der Waals surface area contributed by atoms with Gasteiger partial charge in [-0.3, -0.25) is 9.59 Å². The van der Waals surface area contributed by atoms with E-state index in [0.717, 1.165) is 0 Å².